The minimum absolute atomic E-state index is 0.0141. The molecule has 2 atom stereocenters. The van der Waals surface area contributed by atoms with Gasteiger partial charge in [0, 0.05) is 26.1 Å². The van der Waals surface area contributed by atoms with Crippen molar-refractivity contribution in [1.29, 1.82) is 5.26 Å². The van der Waals surface area contributed by atoms with Crippen LogP contribution < -0.4 is 10.1 Å². The lowest BCUT2D eigenvalue weighted by Crippen LogP contribution is -2.43. The number of rotatable bonds is 5. The van der Waals surface area contributed by atoms with Gasteiger partial charge in [0.25, 0.3) is 0 Å². The van der Waals surface area contributed by atoms with Gasteiger partial charge in [-0.15, -0.1) is 0 Å². The van der Waals surface area contributed by atoms with Crippen LogP contribution in [-0.4, -0.2) is 44.4 Å². The van der Waals surface area contributed by atoms with Crippen molar-refractivity contribution in [2.75, 3.05) is 11.9 Å². The molecule has 1 amide bonds. The molecule has 10 heteroatoms. The number of amides is 1. The second-order valence-corrected chi connectivity index (χ2v) is 7.43. The first-order valence-corrected chi connectivity index (χ1v) is 9.32. The normalized spacial score (nSPS) is 20.1. The summed E-state index contributed by atoms with van der Waals surface area (Å²) in [6.07, 6.45) is 4.35. The maximum atomic E-state index is 14.0. The minimum atomic E-state index is -0.540. The average molecular weight is 390 g/mol. The Morgan fingerprint density at radius 1 is 1.52 bits per heavy atom. The van der Waals surface area contributed by atoms with E-state index < -0.39 is 5.95 Å². The van der Waals surface area contributed by atoms with Crippen LogP contribution in [0, 0.1) is 17.3 Å². The molecule has 2 unspecified atom stereocenters. The highest BCUT2D eigenvalue weighted by molar-refractivity contribution is 7.15. The van der Waals surface area contributed by atoms with E-state index in [1.807, 2.05) is 6.07 Å². The number of halogens is 1. The second-order valence-electron chi connectivity index (χ2n) is 6.35. The molecule has 3 heterocycles. The van der Waals surface area contributed by atoms with Crippen molar-refractivity contribution in [3.05, 3.63) is 28.9 Å². The zero-order chi connectivity index (χ0) is 19.4. The summed E-state index contributed by atoms with van der Waals surface area (Å²) in [6.45, 7) is 4.60. The first-order chi connectivity index (χ1) is 12.9. The van der Waals surface area contributed by atoms with Gasteiger partial charge in [-0.2, -0.15) is 14.6 Å². The molecule has 3 rings (SSSR count). The van der Waals surface area contributed by atoms with E-state index in [0.29, 0.717) is 17.3 Å². The Morgan fingerprint density at radius 3 is 2.96 bits per heavy atom. The molecule has 27 heavy (non-hydrogen) atoms. The van der Waals surface area contributed by atoms with Gasteiger partial charge in [-0.3, -0.25) is 9.69 Å². The molecule has 2 aromatic rings. The first-order valence-electron chi connectivity index (χ1n) is 8.50. The van der Waals surface area contributed by atoms with Gasteiger partial charge >= 0.3 is 0 Å². The zero-order valence-corrected chi connectivity index (χ0v) is 15.8. The van der Waals surface area contributed by atoms with Crippen LogP contribution in [0.1, 0.15) is 37.3 Å². The van der Waals surface area contributed by atoms with E-state index in [2.05, 4.69) is 32.1 Å². The van der Waals surface area contributed by atoms with Crippen LogP contribution in [0.2, 0.25) is 0 Å². The zero-order valence-electron chi connectivity index (χ0n) is 15.0. The fourth-order valence-corrected chi connectivity index (χ4v) is 3.86. The number of nitrogens with zero attached hydrogens (tertiary/aromatic N) is 5. The maximum Gasteiger partial charge on any atom is 0.232 e. The van der Waals surface area contributed by atoms with Crippen molar-refractivity contribution in [3.63, 3.8) is 0 Å². The number of piperidine rings is 1. The van der Waals surface area contributed by atoms with Crippen LogP contribution in [-0.2, 0) is 11.3 Å². The van der Waals surface area contributed by atoms with Crippen LogP contribution >= 0.6 is 11.3 Å². The summed E-state index contributed by atoms with van der Waals surface area (Å²) in [4.78, 5) is 25.5. The molecule has 8 nitrogen and oxygen atoms in total. The summed E-state index contributed by atoms with van der Waals surface area (Å²) in [5.41, 5.74) is 0.246. The van der Waals surface area contributed by atoms with Crippen molar-refractivity contribution >= 4 is 22.4 Å². The Hall–Kier alpha value is -2.64. The average Bonchev–Trinajstić information content (AvgIpc) is 2.96. The topological polar surface area (TPSA) is 104 Å². The van der Waals surface area contributed by atoms with Gasteiger partial charge in [-0.1, -0.05) is 11.3 Å². The van der Waals surface area contributed by atoms with Crippen molar-refractivity contribution in [2.24, 2.45) is 0 Å². The summed E-state index contributed by atoms with van der Waals surface area (Å²) < 4.78 is 19.9. The number of carbonyl (C=O) groups is 1. The quantitative estimate of drug-likeness (QED) is 0.835. The number of thiazole rings is 1. The van der Waals surface area contributed by atoms with Crippen LogP contribution in [0.15, 0.2) is 12.4 Å². The van der Waals surface area contributed by atoms with Gasteiger partial charge in [-0.05, 0) is 19.8 Å². The van der Waals surface area contributed by atoms with Crippen LogP contribution in [0.3, 0.4) is 0 Å². The maximum absolute atomic E-state index is 14.0. The fourth-order valence-electron chi connectivity index (χ4n) is 2.94. The van der Waals surface area contributed by atoms with Crippen LogP contribution in [0.25, 0.3) is 0 Å². The van der Waals surface area contributed by atoms with Gasteiger partial charge in [0.05, 0.1) is 17.3 Å². The lowest BCUT2D eigenvalue weighted by Gasteiger charge is -2.37. The number of nitrogens with one attached hydrogen (secondary N) is 1. The molecule has 0 aromatic carbocycles. The highest BCUT2D eigenvalue weighted by atomic mass is 32.1. The highest BCUT2D eigenvalue weighted by Gasteiger charge is 2.28. The molecule has 0 saturated carbocycles. The molecular formula is C17H19FN6O2S. The Bertz CT molecular complexity index is 850. The number of aromatic nitrogens is 3. The van der Waals surface area contributed by atoms with E-state index in [1.165, 1.54) is 19.3 Å². The number of likely N-dealkylation sites (tertiary alicyclic amines) is 1. The molecule has 1 aliphatic heterocycles. The second kappa shape index (κ2) is 8.37. The molecular weight excluding hydrogens is 371 g/mol. The molecule has 1 fully saturated rings. The number of nitriles is 1. The summed E-state index contributed by atoms with van der Waals surface area (Å²) in [6, 6.07) is 2.10. The van der Waals surface area contributed by atoms with Crippen molar-refractivity contribution in [1.82, 2.24) is 19.9 Å². The van der Waals surface area contributed by atoms with Crippen LogP contribution in [0.4, 0.5) is 9.52 Å². The first kappa shape index (κ1) is 19.1. The number of ether oxygens (including phenoxy) is 1. The Morgan fingerprint density at radius 2 is 2.33 bits per heavy atom. The third-order valence-corrected chi connectivity index (χ3v) is 5.21. The summed E-state index contributed by atoms with van der Waals surface area (Å²) in [7, 11) is 0. The number of hydrogen-bond donors (Lipinski definition) is 1. The van der Waals surface area contributed by atoms with Crippen molar-refractivity contribution in [2.45, 2.75) is 45.4 Å². The Kier molecular flexibility index (Phi) is 5.93. The Balaban J connectivity index is 1.56. The van der Waals surface area contributed by atoms with Gasteiger partial charge in [0.15, 0.2) is 10.8 Å². The molecule has 1 saturated heterocycles. The van der Waals surface area contributed by atoms with E-state index in [0.717, 1.165) is 30.7 Å². The van der Waals surface area contributed by atoms with Crippen molar-refractivity contribution in [3.8, 4) is 11.9 Å². The summed E-state index contributed by atoms with van der Waals surface area (Å²) >= 11 is 1.15. The molecule has 0 aliphatic carbocycles. The molecule has 142 valence electrons. The Labute approximate surface area is 160 Å². The van der Waals surface area contributed by atoms with E-state index in [-0.39, 0.29) is 28.9 Å². The third-order valence-electron chi connectivity index (χ3n) is 4.28. The van der Waals surface area contributed by atoms with Gasteiger partial charge in [0.2, 0.25) is 17.7 Å². The molecule has 0 spiro atoms. The fraction of sp³-hybridized carbons (Fsp3) is 0.471. The minimum Gasteiger partial charge on any atom is -0.473 e. The molecule has 2 aromatic heterocycles. The van der Waals surface area contributed by atoms with Gasteiger partial charge in [-0.25, -0.2) is 9.97 Å². The number of anilines is 1. The molecule has 0 radical (unpaired) electrons. The molecule has 1 N–H and O–H groups in total. The van der Waals surface area contributed by atoms with E-state index in [1.54, 1.807) is 0 Å². The van der Waals surface area contributed by atoms with E-state index in [4.69, 9.17) is 10.00 Å². The predicted octanol–water partition coefficient (Wildman–Crippen LogP) is 2.33. The number of hydrogen-bond acceptors (Lipinski definition) is 8. The van der Waals surface area contributed by atoms with Gasteiger partial charge < -0.3 is 10.1 Å². The summed E-state index contributed by atoms with van der Waals surface area (Å²) in [5, 5.41) is 11.5. The largest absolute Gasteiger partial charge is 0.473 e. The highest BCUT2D eigenvalue weighted by Crippen LogP contribution is 2.27. The lowest BCUT2D eigenvalue weighted by atomic mass is 10.0. The van der Waals surface area contributed by atoms with Crippen LogP contribution in [0.5, 0.6) is 5.88 Å². The van der Waals surface area contributed by atoms with Crippen molar-refractivity contribution < 1.29 is 13.9 Å². The monoisotopic (exact) mass is 390 g/mol. The lowest BCUT2D eigenvalue weighted by molar-refractivity contribution is -0.114. The number of carbonyl (C=O) groups excluding carboxylic acids is 1. The standard InChI is InChI=1S/C17H19FN6O2S/c1-10-5-13(26-15-8-20-12(6-19)7-21-15)3-4-24(10)9-14-16(18)23-17(27-14)22-11(2)25/h7-8,10,13H,3-5,9H2,1-2H3,(H,22,23,25). The molecule has 0 bridgehead atoms. The smallest absolute Gasteiger partial charge is 0.232 e. The SMILES string of the molecule is CC(=O)Nc1nc(F)c(CN2CCC(Oc3cnc(C#N)cn3)CC2C)s1. The predicted molar refractivity (Wildman–Crippen MR) is 96.6 cm³/mol. The van der Waals surface area contributed by atoms with E-state index >= 15 is 0 Å². The van der Waals surface area contributed by atoms with Gasteiger partial charge in [0.1, 0.15) is 12.2 Å². The summed E-state index contributed by atoms with van der Waals surface area (Å²) in [5.74, 6) is -0.414. The third kappa shape index (κ3) is 4.96. The molecule has 1 aliphatic rings. The van der Waals surface area contributed by atoms with E-state index in [9.17, 15) is 9.18 Å².